The molecule has 1 N–H and O–H groups in total. The van der Waals surface area contributed by atoms with Crippen LogP contribution in [0.4, 0.5) is 4.39 Å². The van der Waals surface area contributed by atoms with Crippen LogP contribution in [-0.4, -0.2) is 54.8 Å². The highest BCUT2D eigenvalue weighted by molar-refractivity contribution is 5.90. The number of hydrogen-bond acceptors (Lipinski definition) is 4. The number of ether oxygens (including phenoxy) is 2. The van der Waals surface area contributed by atoms with Crippen molar-refractivity contribution in [1.29, 1.82) is 0 Å². The molecule has 1 saturated heterocycles. The van der Waals surface area contributed by atoms with Gasteiger partial charge >= 0.3 is 0 Å². The number of hydrogen-bond donors (Lipinski definition) is 1. The second kappa shape index (κ2) is 11.6. The van der Waals surface area contributed by atoms with Gasteiger partial charge in [0.05, 0.1) is 13.7 Å². The molecule has 0 saturated carbocycles. The van der Waals surface area contributed by atoms with Gasteiger partial charge in [0.25, 0.3) is 0 Å². The third-order valence-corrected chi connectivity index (χ3v) is 6.41. The molecule has 35 heavy (non-hydrogen) atoms. The van der Waals surface area contributed by atoms with Crippen LogP contribution >= 0.6 is 0 Å². The first kappa shape index (κ1) is 25.0. The first-order chi connectivity index (χ1) is 16.9. The van der Waals surface area contributed by atoms with Crippen LogP contribution in [0.5, 0.6) is 11.5 Å². The standard InChI is InChI=1S/C28H36FN3O3/c1-20(2)30-28(33)19-32-25-11-9-23(35-15-7-14-31-12-5-4-6-13-31)16-22(25)17-26(32)21-8-10-24(29)27(18-21)34-3/h8-11,16-18,20H,4-7,12-15,19H2,1-3H3,(H,30,33). The van der Waals surface area contributed by atoms with E-state index in [1.54, 1.807) is 12.1 Å². The average Bonchev–Trinajstić information content (AvgIpc) is 3.19. The summed E-state index contributed by atoms with van der Waals surface area (Å²) in [6.45, 7) is 8.16. The Morgan fingerprint density at radius 3 is 2.63 bits per heavy atom. The number of amides is 1. The van der Waals surface area contributed by atoms with Crippen LogP contribution in [0.3, 0.4) is 0 Å². The van der Waals surface area contributed by atoms with E-state index in [-0.39, 0.29) is 24.2 Å². The fourth-order valence-electron chi connectivity index (χ4n) is 4.74. The fraction of sp³-hybridized carbons (Fsp3) is 0.464. The zero-order chi connectivity index (χ0) is 24.8. The molecule has 0 spiro atoms. The summed E-state index contributed by atoms with van der Waals surface area (Å²) >= 11 is 0. The van der Waals surface area contributed by atoms with Crippen LogP contribution < -0.4 is 14.8 Å². The van der Waals surface area contributed by atoms with E-state index in [0.717, 1.165) is 40.9 Å². The molecule has 3 aromatic rings. The molecule has 2 heterocycles. The molecule has 1 aliphatic rings. The molecule has 4 rings (SSSR count). The lowest BCUT2D eigenvalue weighted by Gasteiger charge is -2.26. The molecule has 6 nitrogen and oxygen atoms in total. The van der Waals surface area contributed by atoms with Crippen LogP contribution in [0.1, 0.15) is 39.5 Å². The Morgan fingerprint density at radius 1 is 1.09 bits per heavy atom. The first-order valence-electron chi connectivity index (χ1n) is 12.6. The summed E-state index contributed by atoms with van der Waals surface area (Å²) in [5.74, 6) is 0.481. The van der Waals surface area contributed by atoms with Gasteiger partial charge in [-0.2, -0.15) is 0 Å². The Labute approximate surface area is 207 Å². The van der Waals surface area contributed by atoms with Gasteiger partial charge in [-0.25, -0.2) is 4.39 Å². The molecule has 0 aliphatic carbocycles. The van der Waals surface area contributed by atoms with E-state index >= 15 is 0 Å². The van der Waals surface area contributed by atoms with E-state index in [1.165, 1.54) is 45.5 Å². The number of carbonyl (C=O) groups excluding carboxylic acids is 1. The van der Waals surface area contributed by atoms with Gasteiger partial charge in [0, 0.05) is 34.7 Å². The summed E-state index contributed by atoms with van der Waals surface area (Å²) in [6, 6.07) is 12.8. The highest BCUT2D eigenvalue weighted by Crippen LogP contribution is 2.33. The van der Waals surface area contributed by atoms with Crippen LogP contribution in [0.25, 0.3) is 22.2 Å². The van der Waals surface area contributed by atoms with Crippen LogP contribution in [0.15, 0.2) is 42.5 Å². The highest BCUT2D eigenvalue weighted by atomic mass is 19.1. The summed E-state index contributed by atoms with van der Waals surface area (Å²) in [4.78, 5) is 15.2. The smallest absolute Gasteiger partial charge is 0.240 e. The molecule has 0 unspecified atom stereocenters. The lowest BCUT2D eigenvalue weighted by Crippen LogP contribution is -2.33. The number of fused-ring (bicyclic) bond motifs is 1. The third-order valence-electron chi connectivity index (χ3n) is 6.41. The second-order valence-electron chi connectivity index (χ2n) is 9.51. The minimum Gasteiger partial charge on any atom is -0.494 e. The third kappa shape index (κ3) is 6.34. The van der Waals surface area contributed by atoms with Crippen molar-refractivity contribution < 1.29 is 18.7 Å². The van der Waals surface area contributed by atoms with E-state index < -0.39 is 5.82 Å². The van der Waals surface area contributed by atoms with Gasteiger partial charge in [-0.3, -0.25) is 4.79 Å². The summed E-state index contributed by atoms with van der Waals surface area (Å²) in [5, 5.41) is 3.92. The zero-order valence-corrected chi connectivity index (χ0v) is 21.0. The number of aromatic nitrogens is 1. The second-order valence-corrected chi connectivity index (χ2v) is 9.51. The maximum atomic E-state index is 14.0. The van der Waals surface area contributed by atoms with Crippen LogP contribution in [0, 0.1) is 5.82 Å². The van der Waals surface area contributed by atoms with Crippen molar-refractivity contribution in [3.63, 3.8) is 0 Å². The molecule has 1 aromatic heterocycles. The lowest BCUT2D eigenvalue weighted by atomic mass is 10.1. The number of rotatable bonds is 10. The van der Waals surface area contributed by atoms with Crippen molar-refractivity contribution >= 4 is 16.8 Å². The number of benzene rings is 2. The lowest BCUT2D eigenvalue weighted by molar-refractivity contribution is -0.122. The molecular formula is C28H36FN3O3. The number of nitrogens with zero attached hydrogens (tertiary/aromatic N) is 2. The fourth-order valence-corrected chi connectivity index (χ4v) is 4.74. The largest absolute Gasteiger partial charge is 0.494 e. The van der Waals surface area contributed by atoms with Gasteiger partial charge < -0.3 is 24.3 Å². The summed E-state index contributed by atoms with van der Waals surface area (Å²) in [7, 11) is 1.45. The average molecular weight is 482 g/mol. The minimum atomic E-state index is -0.420. The van der Waals surface area contributed by atoms with Crippen molar-refractivity contribution in [3.05, 3.63) is 48.3 Å². The Morgan fingerprint density at radius 2 is 1.89 bits per heavy atom. The molecular weight excluding hydrogens is 445 g/mol. The molecule has 2 aromatic carbocycles. The minimum absolute atomic E-state index is 0.0450. The summed E-state index contributed by atoms with van der Waals surface area (Å²) < 4.78 is 27.3. The van der Waals surface area contributed by atoms with Crippen LogP contribution in [0.2, 0.25) is 0 Å². The number of piperidine rings is 1. The van der Waals surface area contributed by atoms with Crippen molar-refractivity contribution in [2.45, 2.75) is 52.1 Å². The topological polar surface area (TPSA) is 55.7 Å². The van der Waals surface area contributed by atoms with Crippen molar-refractivity contribution in [2.24, 2.45) is 0 Å². The van der Waals surface area contributed by atoms with Crippen molar-refractivity contribution in [1.82, 2.24) is 14.8 Å². The first-order valence-corrected chi connectivity index (χ1v) is 12.6. The van der Waals surface area contributed by atoms with E-state index in [9.17, 15) is 9.18 Å². The normalized spacial score (nSPS) is 14.4. The maximum absolute atomic E-state index is 14.0. The molecule has 188 valence electrons. The van der Waals surface area contributed by atoms with E-state index in [1.807, 2.05) is 42.7 Å². The molecule has 0 bridgehead atoms. The number of nitrogens with one attached hydrogen (secondary N) is 1. The number of methoxy groups -OCH3 is 1. The Hall–Kier alpha value is -3.06. The van der Waals surface area contributed by atoms with Gasteiger partial charge in [0.2, 0.25) is 5.91 Å². The zero-order valence-electron chi connectivity index (χ0n) is 21.0. The van der Waals surface area contributed by atoms with E-state index in [4.69, 9.17) is 9.47 Å². The maximum Gasteiger partial charge on any atom is 0.240 e. The highest BCUT2D eigenvalue weighted by Gasteiger charge is 2.17. The number of carbonyl (C=O) groups is 1. The van der Waals surface area contributed by atoms with Gasteiger partial charge in [-0.15, -0.1) is 0 Å². The summed E-state index contributed by atoms with van der Waals surface area (Å²) in [5.41, 5.74) is 2.52. The van der Waals surface area contributed by atoms with Gasteiger partial charge in [-0.05, 0) is 88.7 Å². The van der Waals surface area contributed by atoms with Gasteiger partial charge in [0.15, 0.2) is 11.6 Å². The monoisotopic (exact) mass is 481 g/mol. The predicted molar refractivity (Wildman–Crippen MR) is 138 cm³/mol. The van der Waals surface area contributed by atoms with Gasteiger partial charge in [-0.1, -0.05) is 6.42 Å². The number of likely N-dealkylation sites (tertiary alicyclic amines) is 1. The Balaban J connectivity index is 1.56. The molecule has 1 fully saturated rings. The Bertz CT molecular complexity index is 1150. The molecule has 1 amide bonds. The quantitative estimate of drug-likeness (QED) is 0.403. The molecule has 7 heteroatoms. The molecule has 0 atom stereocenters. The van der Waals surface area contributed by atoms with Crippen LogP contribution in [-0.2, 0) is 11.3 Å². The van der Waals surface area contributed by atoms with E-state index in [2.05, 4.69) is 10.2 Å². The molecule has 0 radical (unpaired) electrons. The molecule has 1 aliphatic heterocycles. The summed E-state index contributed by atoms with van der Waals surface area (Å²) in [6.07, 6.45) is 4.94. The Kier molecular flexibility index (Phi) is 8.29. The van der Waals surface area contributed by atoms with Crippen molar-refractivity contribution in [3.8, 4) is 22.8 Å². The van der Waals surface area contributed by atoms with E-state index in [0.29, 0.717) is 6.61 Å². The predicted octanol–water partition coefficient (Wildman–Crippen LogP) is 5.24. The SMILES string of the molecule is COc1cc(-c2cc3cc(OCCCN4CCCCC4)ccc3n2CC(=O)NC(C)C)ccc1F. The van der Waals surface area contributed by atoms with Gasteiger partial charge in [0.1, 0.15) is 12.3 Å². The van der Waals surface area contributed by atoms with Crippen molar-refractivity contribution in [2.75, 3.05) is 33.4 Å². The number of halogens is 1.